The average Bonchev–Trinajstić information content (AvgIpc) is 3.20. The predicted octanol–water partition coefficient (Wildman–Crippen LogP) is 4.47. The van der Waals surface area contributed by atoms with E-state index < -0.39 is 0 Å². The number of carbonyl (C=O) groups excluding carboxylic acids is 1. The van der Waals surface area contributed by atoms with Crippen LogP contribution in [-0.4, -0.2) is 49.0 Å². The maximum atomic E-state index is 12.8. The SMILES string of the molecule is CN1CCN(c2ccc(Cl)cc2NC(=O)c2csc(-c3ccccc3)n2)CC1. The smallest absolute Gasteiger partial charge is 0.275 e. The standard InChI is InChI=1S/C21H21ClN4OS/c1-25-9-11-26(12-10-25)19-8-7-16(22)13-17(19)23-20(27)18-14-28-21(24-18)15-5-3-2-4-6-15/h2-8,13-14H,9-12H2,1H3,(H,23,27). The van der Waals surface area contributed by atoms with Gasteiger partial charge in [-0.2, -0.15) is 0 Å². The minimum absolute atomic E-state index is 0.226. The van der Waals surface area contributed by atoms with Crippen molar-refractivity contribution in [3.05, 3.63) is 64.6 Å². The molecule has 1 fully saturated rings. The first-order valence-electron chi connectivity index (χ1n) is 9.15. The van der Waals surface area contributed by atoms with Gasteiger partial charge in [0.1, 0.15) is 10.7 Å². The van der Waals surface area contributed by atoms with Crippen molar-refractivity contribution in [1.29, 1.82) is 0 Å². The van der Waals surface area contributed by atoms with Gasteiger partial charge >= 0.3 is 0 Å². The number of aromatic nitrogens is 1. The molecule has 1 aromatic heterocycles. The number of nitrogens with zero attached hydrogens (tertiary/aromatic N) is 3. The summed E-state index contributed by atoms with van der Waals surface area (Å²) in [4.78, 5) is 21.9. The van der Waals surface area contributed by atoms with Crippen LogP contribution in [0.5, 0.6) is 0 Å². The lowest BCUT2D eigenvalue weighted by Crippen LogP contribution is -2.44. The number of hydrogen-bond donors (Lipinski definition) is 1. The minimum atomic E-state index is -0.226. The topological polar surface area (TPSA) is 48.5 Å². The Morgan fingerprint density at radius 1 is 1.11 bits per heavy atom. The van der Waals surface area contributed by atoms with E-state index in [1.165, 1.54) is 11.3 Å². The van der Waals surface area contributed by atoms with Crippen LogP contribution in [0.25, 0.3) is 10.6 Å². The van der Waals surface area contributed by atoms with Crippen molar-refractivity contribution >= 4 is 40.2 Å². The molecule has 3 aromatic rings. The van der Waals surface area contributed by atoms with E-state index >= 15 is 0 Å². The number of hydrogen-bond acceptors (Lipinski definition) is 5. The van der Waals surface area contributed by atoms with Crippen molar-refractivity contribution in [3.8, 4) is 10.6 Å². The molecule has 0 radical (unpaired) electrons. The zero-order valence-corrected chi connectivity index (χ0v) is 17.1. The summed E-state index contributed by atoms with van der Waals surface area (Å²) < 4.78 is 0. The summed E-state index contributed by atoms with van der Waals surface area (Å²) in [5.74, 6) is -0.226. The molecule has 4 rings (SSSR count). The fraction of sp³-hybridized carbons (Fsp3) is 0.238. The molecule has 0 spiro atoms. The number of rotatable bonds is 4. The third-order valence-electron chi connectivity index (χ3n) is 4.81. The monoisotopic (exact) mass is 412 g/mol. The summed E-state index contributed by atoms with van der Waals surface area (Å²) in [5, 5.41) is 6.22. The second-order valence-electron chi connectivity index (χ2n) is 6.81. The average molecular weight is 413 g/mol. The molecule has 1 saturated heterocycles. The maximum absolute atomic E-state index is 12.8. The summed E-state index contributed by atoms with van der Waals surface area (Å²) in [5.41, 5.74) is 3.13. The molecule has 2 aromatic carbocycles. The summed E-state index contributed by atoms with van der Waals surface area (Å²) >= 11 is 7.66. The first-order valence-corrected chi connectivity index (χ1v) is 10.4. The fourth-order valence-corrected chi connectivity index (χ4v) is 4.19. The molecule has 0 aliphatic carbocycles. The summed E-state index contributed by atoms with van der Waals surface area (Å²) in [7, 11) is 2.12. The molecule has 1 aliphatic heterocycles. The number of anilines is 2. The Morgan fingerprint density at radius 2 is 1.86 bits per heavy atom. The molecule has 0 bridgehead atoms. The minimum Gasteiger partial charge on any atom is -0.367 e. The third-order valence-corrected chi connectivity index (χ3v) is 5.93. The molecule has 1 N–H and O–H groups in total. The van der Waals surface area contributed by atoms with E-state index in [0.29, 0.717) is 10.7 Å². The first kappa shape index (κ1) is 18.9. The van der Waals surface area contributed by atoms with Gasteiger partial charge in [0.05, 0.1) is 11.4 Å². The van der Waals surface area contributed by atoms with Crippen molar-refractivity contribution in [2.75, 3.05) is 43.4 Å². The van der Waals surface area contributed by atoms with Crippen LogP contribution in [0.1, 0.15) is 10.5 Å². The van der Waals surface area contributed by atoms with Gasteiger partial charge in [0.2, 0.25) is 0 Å². The Morgan fingerprint density at radius 3 is 2.61 bits per heavy atom. The van der Waals surface area contributed by atoms with Gasteiger partial charge in [-0.05, 0) is 25.2 Å². The molecule has 2 heterocycles. The highest BCUT2D eigenvalue weighted by molar-refractivity contribution is 7.13. The Labute approximate surface area is 173 Å². The number of amides is 1. The van der Waals surface area contributed by atoms with Crippen LogP contribution in [0.2, 0.25) is 5.02 Å². The van der Waals surface area contributed by atoms with E-state index in [2.05, 4.69) is 27.1 Å². The molecule has 0 saturated carbocycles. The first-order chi connectivity index (χ1) is 13.6. The molecule has 1 aliphatic rings. The number of piperazine rings is 1. The highest BCUT2D eigenvalue weighted by Gasteiger charge is 2.20. The Balaban J connectivity index is 1.55. The Bertz CT molecular complexity index is 968. The van der Waals surface area contributed by atoms with Gasteiger partial charge in [-0.25, -0.2) is 4.98 Å². The van der Waals surface area contributed by atoms with Crippen molar-refractivity contribution in [3.63, 3.8) is 0 Å². The second kappa shape index (κ2) is 8.31. The Kier molecular flexibility index (Phi) is 5.62. The van der Waals surface area contributed by atoms with Gasteiger partial charge in [0, 0.05) is 42.1 Å². The predicted molar refractivity (Wildman–Crippen MR) is 117 cm³/mol. The van der Waals surface area contributed by atoms with E-state index in [9.17, 15) is 4.79 Å². The molecule has 1 amide bonds. The van der Waals surface area contributed by atoms with E-state index in [1.807, 2.05) is 42.5 Å². The molecule has 144 valence electrons. The lowest BCUT2D eigenvalue weighted by Gasteiger charge is -2.35. The molecular formula is C21H21ClN4OS. The molecule has 28 heavy (non-hydrogen) atoms. The third kappa shape index (κ3) is 4.19. The summed E-state index contributed by atoms with van der Waals surface area (Å²) in [6.45, 7) is 3.80. The lowest BCUT2D eigenvalue weighted by atomic mass is 10.2. The van der Waals surface area contributed by atoms with Gasteiger partial charge in [0.15, 0.2) is 0 Å². The Hall–Kier alpha value is -2.41. The van der Waals surface area contributed by atoms with Crippen LogP contribution < -0.4 is 10.2 Å². The van der Waals surface area contributed by atoms with E-state index in [0.717, 1.165) is 48.1 Å². The van der Waals surface area contributed by atoms with Gasteiger partial charge in [-0.15, -0.1) is 11.3 Å². The zero-order chi connectivity index (χ0) is 19.5. The summed E-state index contributed by atoms with van der Waals surface area (Å²) in [6, 6.07) is 15.5. The van der Waals surface area contributed by atoms with Crippen molar-refractivity contribution in [1.82, 2.24) is 9.88 Å². The normalized spacial score (nSPS) is 14.9. The number of nitrogens with one attached hydrogen (secondary N) is 1. The molecular weight excluding hydrogens is 392 g/mol. The van der Waals surface area contributed by atoms with Crippen molar-refractivity contribution < 1.29 is 4.79 Å². The van der Waals surface area contributed by atoms with Crippen LogP contribution in [0.4, 0.5) is 11.4 Å². The summed E-state index contributed by atoms with van der Waals surface area (Å²) in [6.07, 6.45) is 0. The molecule has 0 unspecified atom stereocenters. The van der Waals surface area contributed by atoms with Crippen molar-refractivity contribution in [2.45, 2.75) is 0 Å². The number of carbonyl (C=O) groups is 1. The molecule has 0 atom stereocenters. The maximum Gasteiger partial charge on any atom is 0.275 e. The second-order valence-corrected chi connectivity index (χ2v) is 8.10. The fourth-order valence-electron chi connectivity index (χ4n) is 3.21. The van der Waals surface area contributed by atoms with Crippen LogP contribution in [0, 0.1) is 0 Å². The number of halogens is 1. The van der Waals surface area contributed by atoms with Crippen LogP contribution in [0.3, 0.4) is 0 Å². The van der Waals surface area contributed by atoms with Gasteiger partial charge in [0.25, 0.3) is 5.91 Å². The van der Waals surface area contributed by atoms with Crippen LogP contribution >= 0.6 is 22.9 Å². The zero-order valence-electron chi connectivity index (χ0n) is 15.6. The number of likely N-dealkylation sites (N-methyl/N-ethyl adjacent to an activating group) is 1. The number of thiazole rings is 1. The largest absolute Gasteiger partial charge is 0.367 e. The molecule has 5 nitrogen and oxygen atoms in total. The van der Waals surface area contributed by atoms with E-state index in [-0.39, 0.29) is 5.91 Å². The van der Waals surface area contributed by atoms with E-state index in [1.54, 1.807) is 11.4 Å². The highest BCUT2D eigenvalue weighted by Crippen LogP contribution is 2.31. The van der Waals surface area contributed by atoms with Crippen LogP contribution in [-0.2, 0) is 0 Å². The van der Waals surface area contributed by atoms with Gasteiger partial charge in [-0.3, -0.25) is 4.79 Å². The van der Waals surface area contributed by atoms with Gasteiger partial charge in [-0.1, -0.05) is 41.9 Å². The van der Waals surface area contributed by atoms with E-state index in [4.69, 9.17) is 11.6 Å². The molecule has 7 heteroatoms. The van der Waals surface area contributed by atoms with Crippen molar-refractivity contribution in [2.24, 2.45) is 0 Å². The highest BCUT2D eigenvalue weighted by atomic mass is 35.5. The van der Waals surface area contributed by atoms with Crippen LogP contribution in [0.15, 0.2) is 53.9 Å². The quantitative estimate of drug-likeness (QED) is 0.686. The number of benzene rings is 2. The van der Waals surface area contributed by atoms with Gasteiger partial charge < -0.3 is 15.1 Å². The lowest BCUT2D eigenvalue weighted by molar-refractivity contribution is 0.102.